The van der Waals surface area contributed by atoms with Gasteiger partial charge < -0.3 is 14.3 Å². The first-order valence-electron chi connectivity index (χ1n) is 10.2. The number of carbonyl (C=O) groups excluding carboxylic acids is 2. The third-order valence-corrected chi connectivity index (χ3v) is 5.29. The Labute approximate surface area is 175 Å². The summed E-state index contributed by atoms with van der Waals surface area (Å²) >= 11 is 0. The molecule has 0 unspecified atom stereocenters. The second-order valence-electron chi connectivity index (χ2n) is 7.33. The van der Waals surface area contributed by atoms with Crippen LogP contribution in [0.15, 0.2) is 65.4 Å². The van der Waals surface area contributed by atoms with Crippen LogP contribution in [0.3, 0.4) is 0 Å². The normalized spacial score (nSPS) is 14.0. The van der Waals surface area contributed by atoms with Crippen LogP contribution in [-0.2, 0) is 11.2 Å². The van der Waals surface area contributed by atoms with E-state index in [0.717, 1.165) is 18.4 Å². The van der Waals surface area contributed by atoms with Gasteiger partial charge in [-0.1, -0.05) is 35.5 Å². The molecule has 3 aromatic rings. The lowest BCUT2D eigenvalue weighted by Crippen LogP contribution is -2.50. The fraction of sp³-hybridized carbons (Fsp3) is 0.304. The van der Waals surface area contributed by atoms with Gasteiger partial charge in [-0.05, 0) is 30.5 Å². The minimum Gasteiger partial charge on any atom is -0.355 e. The van der Waals surface area contributed by atoms with Crippen molar-refractivity contribution in [2.24, 2.45) is 0 Å². The molecular weight excluding hydrogens is 380 g/mol. The minimum atomic E-state index is -0.176. The van der Waals surface area contributed by atoms with Gasteiger partial charge in [0.1, 0.15) is 0 Å². The molecule has 0 spiro atoms. The van der Waals surface area contributed by atoms with Crippen LogP contribution in [0.1, 0.15) is 28.9 Å². The second-order valence-corrected chi connectivity index (χ2v) is 7.33. The Morgan fingerprint density at radius 1 is 0.967 bits per heavy atom. The van der Waals surface area contributed by atoms with Crippen LogP contribution in [0, 0.1) is 0 Å². The molecule has 1 fully saturated rings. The standard InChI is InChI=1S/C23H24N4O3/c28-22(10-4-8-18-6-2-1-3-7-18)26-12-14-27(15-13-26)23(29)20-16-21(30-25-20)19-9-5-11-24-17-19/h1-3,5-7,9,11,16-17H,4,8,10,12-15H2. The predicted molar refractivity (Wildman–Crippen MR) is 112 cm³/mol. The fourth-order valence-electron chi connectivity index (χ4n) is 3.59. The zero-order chi connectivity index (χ0) is 20.8. The lowest BCUT2D eigenvalue weighted by atomic mass is 10.1. The van der Waals surface area contributed by atoms with E-state index in [9.17, 15) is 9.59 Å². The molecule has 154 valence electrons. The molecule has 4 rings (SSSR count). The Morgan fingerprint density at radius 2 is 1.73 bits per heavy atom. The van der Waals surface area contributed by atoms with Crippen molar-refractivity contribution in [3.8, 4) is 11.3 Å². The van der Waals surface area contributed by atoms with Crippen molar-refractivity contribution in [2.45, 2.75) is 19.3 Å². The summed E-state index contributed by atoms with van der Waals surface area (Å²) in [5, 5.41) is 3.92. The number of hydrogen-bond acceptors (Lipinski definition) is 5. The number of nitrogens with zero attached hydrogens (tertiary/aromatic N) is 4. The first-order chi connectivity index (χ1) is 14.7. The highest BCUT2D eigenvalue weighted by Gasteiger charge is 2.26. The Morgan fingerprint density at radius 3 is 2.47 bits per heavy atom. The molecule has 0 radical (unpaired) electrons. The van der Waals surface area contributed by atoms with Crippen molar-refractivity contribution in [2.75, 3.05) is 26.2 Å². The zero-order valence-corrected chi connectivity index (χ0v) is 16.7. The van der Waals surface area contributed by atoms with E-state index in [0.29, 0.717) is 38.4 Å². The maximum absolute atomic E-state index is 12.7. The maximum Gasteiger partial charge on any atom is 0.276 e. The van der Waals surface area contributed by atoms with E-state index in [1.807, 2.05) is 29.2 Å². The van der Waals surface area contributed by atoms with E-state index in [-0.39, 0.29) is 17.5 Å². The molecule has 7 nitrogen and oxygen atoms in total. The highest BCUT2D eigenvalue weighted by molar-refractivity contribution is 5.93. The molecule has 2 aromatic heterocycles. The van der Waals surface area contributed by atoms with E-state index in [1.54, 1.807) is 29.4 Å². The molecule has 1 saturated heterocycles. The number of piperazine rings is 1. The monoisotopic (exact) mass is 404 g/mol. The fourth-order valence-corrected chi connectivity index (χ4v) is 3.59. The summed E-state index contributed by atoms with van der Waals surface area (Å²) in [7, 11) is 0. The Kier molecular flexibility index (Phi) is 6.17. The molecule has 1 aliphatic heterocycles. The summed E-state index contributed by atoms with van der Waals surface area (Å²) in [5.41, 5.74) is 2.30. The van der Waals surface area contributed by atoms with Crippen LogP contribution in [0.2, 0.25) is 0 Å². The van der Waals surface area contributed by atoms with Crippen molar-refractivity contribution < 1.29 is 14.1 Å². The molecule has 2 amide bonds. The van der Waals surface area contributed by atoms with Crippen LogP contribution in [0.4, 0.5) is 0 Å². The Bertz CT molecular complexity index is 980. The third kappa shape index (κ3) is 4.74. The first kappa shape index (κ1) is 19.8. The molecule has 0 aliphatic carbocycles. The quantitative estimate of drug-likeness (QED) is 0.631. The topological polar surface area (TPSA) is 79.5 Å². The Balaban J connectivity index is 1.25. The number of amides is 2. The predicted octanol–water partition coefficient (Wildman–Crippen LogP) is 3.04. The maximum atomic E-state index is 12.7. The number of carbonyl (C=O) groups is 2. The minimum absolute atomic E-state index is 0.151. The molecule has 30 heavy (non-hydrogen) atoms. The van der Waals surface area contributed by atoms with Gasteiger partial charge in [0.2, 0.25) is 5.91 Å². The SMILES string of the molecule is O=C(CCCc1ccccc1)N1CCN(C(=O)c2cc(-c3cccnc3)on2)CC1. The number of rotatable bonds is 6. The number of pyridine rings is 1. The number of aromatic nitrogens is 2. The average molecular weight is 404 g/mol. The van der Waals surface area contributed by atoms with Crippen molar-refractivity contribution in [3.63, 3.8) is 0 Å². The molecule has 0 atom stereocenters. The summed E-state index contributed by atoms with van der Waals surface area (Å²) in [6.45, 7) is 2.09. The van der Waals surface area contributed by atoms with Gasteiger partial charge in [0.05, 0.1) is 0 Å². The van der Waals surface area contributed by atoms with E-state index >= 15 is 0 Å². The first-order valence-corrected chi connectivity index (χ1v) is 10.2. The molecule has 1 aliphatic rings. The summed E-state index contributed by atoms with van der Waals surface area (Å²) in [6, 6.07) is 15.5. The molecule has 0 N–H and O–H groups in total. The molecule has 0 bridgehead atoms. The van der Waals surface area contributed by atoms with Gasteiger partial charge >= 0.3 is 0 Å². The van der Waals surface area contributed by atoms with Gasteiger partial charge in [0.25, 0.3) is 5.91 Å². The molecule has 7 heteroatoms. The number of hydrogen-bond donors (Lipinski definition) is 0. The van der Waals surface area contributed by atoms with Gasteiger partial charge in [0, 0.05) is 56.6 Å². The molecule has 3 heterocycles. The van der Waals surface area contributed by atoms with Gasteiger partial charge in [0.15, 0.2) is 11.5 Å². The second kappa shape index (κ2) is 9.35. The van der Waals surface area contributed by atoms with Gasteiger partial charge in [-0.2, -0.15) is 0 Å². The summed E-state index contributed by atoms with van der Waals surface area (Å²) in [4.78, 5) is 32.8. The zero-order valence-electron chi connectivity index (χ0n) is 16.7. The smallest absolute Gasteiger partial charge is 0.276 e. The molecule has 1 aromatic carbocycles. The van der Waals surface area contributed by atoms with Gasteiger partial charge in [-0.15, -0.1) is 0 Å². The van der Waals surface area contributed by atoms with Gasteiger partial charge in [-0.3, -0.25) is 14.6 Å². The van der Waals surface area contributed by atoms with Crippen molar-refractivity contribution in [1.29, 1.82) is 0 Å². The van der Waals surface area contributed by atoms with Crippen LogP contribution in [0.25, 0.3) is 11.3 Å². The highest BCUT2D eigenvalue weighted by Crippen LogP contribution is 2.20. The number of benzene rings is 1. The average Bonchev–Trinajstić information content (AvgIpc) is 3.30. The summed E-state index contributed by atoms with van der Waals surface area (Å²) in [5.74, 6) is 0.488. The summed E-state index contributed by atoms with van der Waals surface area (Å²) < 4.78 is 5.30. The Hall–Kier alpha value is -3.48. The summed E-state index contributed by atoms with van der Waals surface area (Å²) in [6.07, 6.45) is 5.60. The van der Waals surface area contributed by atoms with E-state index in [2.05, 4.69) is 22.3 Å². The number of aryl methyl sites for hydroxylation is 1. The lowest BCUT2D eigenvalue weighted by molar-refractivity contribution is -0.132. The third-order valence-electron chi connectivity index (χ3n) is 5.29. The lowest BCUT2D eigenvalue weighted by Gasteiger charge is -2.34. The molecule has 0 saturated carbocycles. The largest absolute Gasteiger partial charge is 0.355 e. The van der Waals surface area contributed by atoms with Crippen LogP contribution >= 0.6 is 0 Å². The van der Waals surface area contributed by atoms with Crippen LogP contribution in [0.5, 0.6) is 0 Å². The van der Waals surface area contributed by atoms with Crippen LogP contribution in [-0.4, -0.2) is 57.9 Å². The molecular formula is C23H24N4O3. The van der Waals surface area contributed by atoms with Crippen molar-refractivity contribution >= 4 is 11.8 Å². The highest BCUT2D eigenvalue weighted by atomic mass is 16.5. The van der Waals surface area contributed by atoms with Crippen molar-refractivity contribution in [3.05, 3.63) is 72.2 Å². The van der Waals surface area contributed by atoms with Gasteiger partial charge in [-0.25, -0.2) is 0 Å². The van der Waals surface area contributed by atoms with Crippen LogP contribution < -0.4 is 0 Å². The van der Waals surface area contributed by atoms with E-state index in [1.165, 1.54) is 5.56 Å². The van der Waals surface area contributed by atoms with E-state index < -0.39 is 0 Å². The van der Waals surface area contributed by atoms with E-state index in [4.69, 9.17) is 4.52 Å². The van der Waals surface area contributed by atoms with Crippen molar-refractivity contribution in [1.82, 2.24) is 19.9 Å².